The van der Waals surface area contributed by atoms with Crippen molar-refractivity contribution in [3.05, 3.63) is 46.0 Å². The standard InChI is InChI=1S/C18H22N4O3/c1-12-13(10-15(23)22-8-9-25-18(2,3)11-22)17(24)21-16(20-12)14-6-4-5-7-19-14/h4-7H,8-11H2,1-3H3,(H,20,21,24). The molecule has 2 aromatic rings. The van der Waals surface area contributed by atoms with Crippen LogP contribution >= 0.6 is 0 Å². The van der Waals surface area contributed by atoms with Crippen molar-refractivity contribution in [3.63, 3.8) is 0 Å². The van der Waals surface area contributed by atoms with Crippen molar-refractivity contribution in [1.82, 2.24) is 19.9 Å². The molecule has 132 valence electrons. The van der Waals surface area contributed by atoms with Crippen molar-refractivity contribution in [3.8, 4) is 11.5 Å². The normalized spacial score (nSPS) is 16.7. The Kier molecular flexibility index (Phi) is 4.67. The van der Waals surface area contributed by atoms with Gasteiger partial charge in [0.15, 0.2) is 5.82 Å². The zero-order valence-electron chi connectivity index (χ0n) is 14.7. The summed E-state index contributed by atoms with van der Waals surface area (Å²) < 4.78 is 5.63. The molecule has 1 aliphatic heterocycles. The lowest BCUT2D eigenvalue weighted by Crippen LogP contribution is -2.51. The minimum atomic E-state index is -0.365. The van der Waals surface area contributed by atoms with E-state index in [9.17, 15) is 9.59 Å². The number of morpholine rings is 1. The van der Waals surface area contributed by atoms with Crippen LogP contribution in [0, 0.1) is 6.92 Å². The molecule has 0 atom stereocenters. The number of H-pyrrole nitrogens is 1. The molecule has 0 bridgehead atoms. The number of carbonyl (C=O) groups is 1. The van der Waals surface area contributed by atoms with Gasteiger partial charge >= 0.3 is 0 Å². The third-order valence-electron chi connectivity index (χ3n) is 4.24. The Balaban J connectivity index is 1.81. The van der Waals surface area contributed by atoms with E-state index < -0.39 is 0 Å². The number of rotatable bonds is 3. The minimum absolute atomic E-state index is 0.0345. The van der Waals surface area contributed by atoms with Gasteiger partial charge in [0, 0.05) is 30.5 Å². The number of aromatic amines is 1. The fraction of sp³-hybridized carbons (Fsp3) is 0.444. The average Bonchev–Trinajstić information content (AvgIpc) is 2.57. The molecule has 25 heavy (non-hydrogen) atoms. The SMILES string of the molecule is Cc1nc(-c2ccccn2)[nH]c(=O)c1CC(=O)N1CCOC(C)(C)C1. The molecule has 3 rings (SSSR count). The van der Waals surface area contributed by atoms with Gasteiger partial charge in [-0.3, -0.25) is 14.6 Å². The maximum atomic E-state index is 12.6. The van der Waals surface area contributed by atoms with Crippen LogP contribution in [0.15, 0.2) is 29.2 Å². The van der Waals surface area contributed by atoms with Gasteiger partial charge in [-0.15, -0.1) is 0 Å². The summed E-state index contributed by atoms with van der Waals surface area (Å²) in [5.41, 5.74) is 0.875. The van der Waals surface area contributed by atoms with Gasteiger partial charge in [0.2, 0.25) is 5.91 Å². The van der Waals surface area contributed by atoms with E-state index in [0.717, 1.165) is 0 Å². The maximum Gasteiger partial charge on any atom is 0.255 e. The Bertz CT molecular complexity index is 830. The van der Waals surface area contributed by atoms with Crippen LogP contribution in [-0.4, -0.2) is 51.1 Å². The number of aryl methyl sites for hydroxylation is 1. The zero-order chi connectivity index (χ0) is 18.0. The molecule has 7 nitrogen and oxygen atoms in total. The number of nitrogens with one attached hydrogen (secondary N) is 1. The molecule has 0 spiro atoms. The summed E-state index contributed by atoms with van der Waals surface area (Å²) >= 11 is 0. The predicted molar refractivity (Wildman–Crippen MR) is 93.1 cm³/mol. The van der Waals surface area contributed by atoms with Gasteiger partial charge in [0.25, 0.3) is 5.56 Å². The van der Waals surface area contributed by atoms with Crippen LogP contribution in [-0.2, 0) is 16.0 Å². The molecule has 7 heteroatoms. The minimum Gasteiger partial charge on any atom is -0.372 e. The van der Waals surface area contributed by atoms with Crippen molar-refractivity contribution < 1.29 is 9.53 Å². The second kappa shape index (κ2) is 6.76. The van der Waals surface area contributed by atoms with Crippen molar-refractivity contribution in [2.45, 2.75) is 32.8 Å². The van der Waals surface area contributed by atoms with Crippen LogP contribution in [0.1, 0.15) is 25.1 Å². The van der Waals surface area contributed by atoms with Crippen LogP contribution < -0.4 is 5.56 Å². The molecule has 1 aliphatic rings. The van der Waals surface area contributed by atoms with E-state index in [1.165, 1.54) is 0 Å². The number of ether oxygens (including phenoxy) is 1. The molecule has 2 aromatic heterocycles. The molecule has 3 heterocycles. The molecule has 1 saturated heterocycles. The summed E-state index contributed by atoms with van der Waals surface area (Å²) in [4.78, 5) is 38.1. The third kappa shape index (κ3) is 3.93. The Labute approximate surface area is 146 Å². The molecule has 0 radical (unpaired) electrons. The molecule has 0 unspecified atom stereocenters. The summed E-state index contributed by atoms with van der Waals surface area (Å²) in [7, 11) is 0. The van der Waals surface area contributed by atoms with Crippen molar-refractivity contribution in [2.24, 2.45) is 0 Å². The van der Waals surface area contributed by atoms with Crippen molar-refractivity contribution >= 4 is 5.91 Å². The highest BCUT2D eigenvalue weighted by atomic mass is 16.5. The highest BCUT2D eigenvalue weighted by Crippen LogP contribution is 2.18. The molecule has 0 aromatic carbocycles. The summed E-state index contributed by atoms with van der Waals surface area (Å²) in [6, 6.07) is 5.40. The van der Waals surface area contributed by atoms with Gasteiger partial charge < -0.3 is 14.6 Å². The van der Waals surface area contributed by atoms with E-state index in [1.54, 1.807) is 30.2 Å². The first-order valence-corrected chi connectivity index (χ1v) is 8.29. The Morgan fingerprint density at radius 2 is 2.20 bits per heavy atom. The van der Waals surface area contributed by atoms with Crippen LogP contribution in [0.2, 0.25) is 0 Å². The summed E-state index contributed by atoms with van der Waals surface area (Å²) in [6.07, 6.45) is 1.68. The lowest BCUT2D eigenvalue weighted by atomic mass is 10.1. The van der Waals surface area contributed by atoms with Crippen molar-refractivity contribution in [2.75, 3.05) is 19.7 Å². The fourth-order valence-corrected chi connectivity index (χ4v) is 2.94. The number of hydrogen-bond donors (Lipinski definition) is 1. The van der Waals surface area contributed by atoms with Crippen LogP contribution in [0.5, 0.6) is 0 Å². The number of carbonyl (C=O) groups excluding carboxylic acids is 1. The van der Waals surface area contributed by atoms with E-state index in [4.69, 9.17) is 4.74 Å². The molecule has 1 fully saturated rings. The maximum absolute atomic E-state index is 12.6. The summed E-state index contributed by atoms with van der Waals surface area (Å²) in [5.74, 6) is 0.323. The van der Waals surface area contributed by atoms with Crippen molar-refractivity contribution in [1.29, 1.82) is 0 Å². The highest BCUT2D eigenvalue weighted by molar-refractivity contribution is 5.79. The smallest absolute Gasteiger partial charge is 0.255 e. The van der Waals surface area contributed by atoms with Crippen LogP contribution in [0.4, 0.5) is 0 Å². The summed E-state index contributed by atoms with van der Waals surface area (Å²) in [6.45, 7) is 7.21. The Morgan fingerprint density at radius 3 is 2.84 bits per heavy atom. The molecule has 1 amide bonds. The first-order valence-electron chi connectivity index (χ1n) is 8.29. The van der Waals surface area contributed by atoms with Gasteiger partial charge in [-0.25, -0.2) is 4.98 Å². The van der Waals surface area contributed by atoms with Gasteiger partial charge in [0.05, 0.1) is 18.6 Å². The molecular formula is C18H22N4O3. The third-order valence-corrected chi connectivity index (χ3v) is 4.24. The van der Waals surface area contributed by atoms with Crippen LogP contribution in [0.3, 0.4) is 0 Å². The van der Waals surface area contributed by atoms with E-state index in [1.807, 2.05) is 19.9 Å². The first-order chi connectivity index (χ1) is 11.9. The number of aromatic nitrogens is 3. The number of pyridine rings is 1. The lowest BCUT2D eigenvalue weighted by Gasteiger charge is -2.38. The van der Waals surface area contributed by atoms with Gasteiger partial charge in [-0.05, 0) is 32.9 Å². The monoisotopic (exact) mass is 342 g/mol. The van der Waals surface area contributed by atoms with E-state index >= 15 is 0 Å². The topological polar surface area (TPSA) is 88.2 Å². The quantitative estimate of drug-likeness (QED) is 0.909. The number of nitrogens with zero attached hydrogens (tertiary/aromatic N) is 3. The highest BCUT2D eigenvalue weighted by Gasteiger charge is 2.30. The fourth-order valence-electron chi connectivity index (χ4n) is 2.94. The average molecular weight is 342 g/mol. The van der Waals surface area contributed by atoms with E-state index in [-0.39, 0.29) is 23.5 Å². The first kappa shape index (κ1) is 17.3. The van der Waals surface area contributed by atoms with Crippen LogP contribution in [0.25, 0.3) is 11.5 Å². The Morgan fingerprint density at radius 1 is 1.40 bits per heavy atom. The molecule has 0 aliphatic carbocycles. The molecular weight excluding hydrogens is 320 g/mol. The predicted octanol–water partition coefficient (Wildman–Crippen LogP) is 1.32. The lowest BCUT2D eigenvalue weighted by molar-refractivity contribution is -0.145. The molecule has 0 saturated carbocycles. The second-order valence-electron chi connectivity index (χ2n) is 6.79. The van der Waals surface area contributed by atoms with E-state index in [2.05, 4.69) is 15.0 Å². The number of amides is 1. The number of hydrogen-bond acceptors (Lipinski definition) is 5. The summed E-state index contributed by atoms with van der Waals surface area (Å²) in [5, 5.41) is 0. The Hall–Kier alpha value is -2.54. The largest absolute Gasteiger partial charge is 0.372 e. The molecule has 1 N–H and O–H groups in total. The zero-order valence-corrected chi connectivity index (χ0v) is 14.7. The second-order valence-corrected chi connectivity index (χ2v) is 6.79. The van der Waals surface area contributed by atoms with E-state index in [0.29, 0.717) is 42.5 Å². The van der Waals surface area contributed by atoms with Gasteiger partial charge in [-0.1, -0.05) is 6.07 Å². The van der Waals surface area contributed by atoms with Gasteiger partial charge in [0.1, 0.15) is 5.69 Å². The van der Waals surface area contributed by atoms with Gasteiger partial charge in [-0.2, -0.15) is 0 Å².